The van der Waals surface area contributed by atoms with Gasteiger partial charge in [0.1, 0.15) is 5.15 Å². The number of nitrogens with zero attached hydrogens (tertiary/aromatic N) is 5. The highest BCUT2D eigenvalue weighted by Gasteiger charge is 2.22. The minimum absolute atomic E-state index is 0.180. The average Bonchev–Trinajstić information content (AvgIpc) is 3.26. The van der Waals surface area contributed by atoms with Gasteiger partial charge in [0.25, 0.3) is 10.0 Å². The Bertz CT molecular complexity index is 1430. The van der Waals surface area contributed by atoms with E-state index in [2.05, 4.69) is 44.3 Å². The smallest absolute Gasteiger partial charge is 0.269 e. The lowest BCUT2D eigenvalue weighted by Gasteiger charge is -2.34. The van der Waals surface area contributed by atoms with Crippen LogP contribution < -0.4 is 10.2 Å². The Kier molecular flexibility index (Phi) is 5.93. The number of fused-ring (bicyclic) bond motifs is 1. The molecule has 0 unspecified atom stereocenters. The summed E-state index contributed by atoms with van der Waals surface area (Å²) >= 11 is 6.39. The molecule has 0 bridgehead atoms. The van der Waals surface area contributed by atoms with E-state index in [-0.39, 0.29) is 21.6 Å². The number of piperazine rings is 1. The van der Waals surface area contributed by atoms with Crippen LogP contribution in [0, 0.1) is 6.92 Å². The van der Waals surface area contributed by atoms with Crippen LogP contribution in [0.5, 0.6) is 0 Å². The van der Waals surface area contributed by atoms with Gasteiger partial charge < -0.3 is 15.1 Å². The van der Waals surface area contributed by atoms with Crippen molar-refractivity contribution in [3.05, 3.63) is 71.5 Å². The lowest BCUT2D eigenvalue weighted by atomic mass is 10.2. The van der Waals surface area contributed by atoms with Gasteiger partial charge in [0.15, 0.2) is 5.65 Å². The van der Waals surface area contributed by atoms with Gasteiger partial charge in [-0.25, -0.2) is 17.4 Å². The molecule has 0 atom stereocenters. The molecule has 2 aromatic carbocycles. The van der Waals surface area contributed by atoms with Crippen LogP contribution in [0.25, 0.3) is 11.0 Å². The fourth-order valence-corrected chi connectivity index (χ4v) is 5.50. The Balaban J connectivity index is 1.43. The van der Waals surface area contributed by atoms with Crippen LogP contribution in [0.3, 0.4) is 0 Å². The second kappa shape index (κ2) is 8.90. The maximum absolute atomic E-state index is 13.2. The van der Waals surface area contributed by atoms with Crippen molar-refractivity contribution >= 4 is 50.0 Å². The normalized spacial score (nSPS) is 15.1. The monoisotopic (exact) mass is 496 g/mol. The third kappa shape index (κ3) is 4.34. The van der Waals surface area contributed by atoms with Crippen molar-refractivity contribution in [2.24, 2.45) is 0 Å². The number of hydrogen-bond donors (Lipinski definition) is 1. The second-order valence-corrected chi connectivity index (χ2v) is 10.6. The Morgan fingerprint density at radius 3 is 2.26 bits per heavy atom. The summed E-state index contributed by atoms with van der Waals surface area (Å²) in [6.07, 6.45) is 1.45. The highest BCUT2D eigenvalue weighted by Crippen LogP contribution is 2.28. The summed E-state index contributed by atoms with van der Waals surface area (Å²) in [4.78, 5) is 13.6. The van der Waals surface area contributed by atoms with Crippen LogP contribution in [0.4, 0.5) is 17.3 Å². The molecule has 1 aliphatic rings. The van der Waals surface area contributed by atoms with Crippen molar-refractivity contribution in [1.29, 1.82) is 0 Å². The first kappa shape index (κ1) is 22.6. The summed E-state index contributed by atoms with van der Waals surface area (Å²) in [5, 5.41) is 3.79. The lowest BCUT2D eigenvalue weighted by Crippen LogP contribution is -2.44. The molecule has 0 aliphatic carbocycles. The van der Waals surface area contributed by atoms with E-state index in [0.717, 1.165) is 47.1 Å². The molecular formula is C24H25ClN6O2S. The zero-order chi connectivity index (χ0) is 23.9. The summed E-state index contributed by atoms with van der Waals surface area (Å²) in [6.45, 7) is 5.97. The molecule has 0 radical (unpaired) electrons. The van der Waals surface area contributed by atoms with E-state index in [0.29, 0.717) is 5.39 Å². The van der Waals surface area contributed by atoms with Crippen LogP contribution in [0.15, 0.2) is 65.7 Å². The van der Waals surface area contributed by atoms with E-state index in [1.54, 1.807) is 30.3 Å². The van der Waals surface area contributed by atoms with Crippen molar-refractivity contribution in [2.75, 3.05) is 43.4 Å². The first-order valence-electron chi connectivity index (χ1n) is 11.0. The van der Waals surface area contributed by atoms with Crippen LogP contribution in [0.1, 0.15) is 5.56 Å². The number of benzene rings is 2. The zero-order valence-corrected chi connectivity index (χ0v) is 20.5. The van der Waals surface area contributed by atoms with Crippen LogP contribution in [0.2, 0.25) is 5.15 Å². The van der Waals surface area contributed by atoms with Crippen molar-refractivity contribution in [3.8, 4) is 0 Å². The minimum atomic E-state index is -3.84. The first-order valence-corrected chi connectivity index (χ1v) is 12.8. The topological polar surface area (TPSA) is 83.4 Å². The number of hydrogen-bond acceptors (Lipinski definition) is 7. The molecule has 1 saturated heterocycles. The van der Waals surface area contributed by atoms with E-state index in [1.165, 1.54) is 6.20 Å². The van der Waals surface area contributed by atoms with Crippen LogP contribution in [-0.4, -0.2) is 60.5 Å². The zero-order valence-electron chi connectivity index (χ0n) is 18.9. The molecule has 1 aliphatic heterocycles. The Morgan fingerprint density at radius 1 is 0.912 bits per heavy atom. The van der Waals surface area contributed by atoms with Crippen LogP contribution in [-0.2, 0) is 10.0 Å². The molecule has 8 nitrogen and oxygen atoms in total. The molecular weight excluding hydrogens is 472 g/mol. The molecule has 0 saturated carbocycles. The number of rotatable bonds is 5. The average molecular weight is 497 g/mol. The second-order valence-electron chi connectivity index (χ2n) is 8.47. The maximum Gasteiger partial charge on any atom is 0.269 e. The Labute approximate surface area is 203 Å². The van der Waals surface area contributed by atoms with Gasteiger partial charge in [-0.05, 0) is 56.4 Å². The first-order chi connectivity index (χ1) is 16.3. The molecule has 2 aromatic heterocycles. The van der Waals surface area contributed by atoms with Crippen molar-refractivity contribution in [2.45, 2.75) is 11.8 Å². The summed E-state index contributed by atoms with van der Waals surface area (Å²) in [7, 11) is -1.70. The van der Waals surface area contributed by atoms with Crippen LogP contribution >= 0.6 is 11.6 Å². The highest BCUT2D eigenvalue weighted by molar-refractivity contribution is 7.90. The maximum atomic E-state index is 13.2. The van der Waals surface area contributed by atoms with E-state index < -0.39 is 10.0 Å². The fraction of sp³-hybridized carbons (Fsp3) is 0.250. The largest absolute Gasteiger partial charge is 0.369 e. The Morgan fingerprint density at radius 2 is 1.59 bits per heavy atom. The number of halogens is 1. The molecule has 4 aromatic rings. The quantitative estimate of drug-likeness (QED) is 0.416. The van der Waals surface area contributed by atoms with Gasteiger partial charge in [-0.3, -0.25) is 0 Å². The SMILES string of the molecule is Cc1ccc(S(=O)(=O)n2ccc3c(Cl)nc(Nc4ccc(N5CCN(C)CC5)cc4)nc32)cc1. The molecule has 10 heteroatoms. The lowest BCUT2D eigenvalue weighted by molar-refractivity contribution is 0.313. The predicted octanol–water partition coefficient (Wildman–Crippen LogP) is 4.13. The third-order valence-electron chi connectivity index (χ3n) is 6.03. The predicted molar refractivity (Wildman–Crippen MR) is 136 cm³/mol. The number of likely N-dealkylation sites (N-methyl/N-ethyl adjacent to an activating group) is 1. The van der Waals surface area contributed by atoms with Gasteiger partial charge in [0, 0.05) is 43.8 Å². The summed E-state index contributed by atoms with van der Waals surface area (Å²) in [5.41, 5.74) is 3.14. The van der Waals surface area contributed by atoms with Gasteiger partial charge in [-0.15, -0.1) is 0 Å². The number of nitrogens with one attached hydrogen (secondary N) is 1. The van der Waals surface area contributed by atoms with E-state index >= 15 is 0 Å². The summed E-state index contributed by atoms with van der Waals surface area (Å²) in [6, 6.07) is 16.3. The fourth-order valence-electron chi connectivity index (χ4n) is 3.98. The van der Waals surface area contributed by atoms with E-state index in [9.17, 15) is 8.42 Å². The molecule has 34 heavy (non-hydrogen) atoms. The van der Waals surface area contributed by atoms with E-state index in [4.69, 9.17) is 11.6 Å². The highest BCUT2D eigenvalue weighted by atomic mass is 35.5. The van der Waals surface area contributed by atoms with Gasteiger partial charge in [-0.2, -0.15) is 4.98 Å². The Hall–Kier alpha value is -3.14. The molecule has 3 heterocycles. The number of aromatic nitrogens is 3. The standard InChI is InChI=1S/C24H25ClN6O2S/c1-17-3-9-20(10-4-17)34(32,33)31-12-11-21-22(25)27-24(28-23(21)31)26-18-5-7-19(8-6-18)30-15-13-29(2)14-16-30/h3-12H,13-16H2,1-2H3,(H,26,27,28). The third-order valence-corrected chi connectivity index (χ3v) is 8.00. The number of aryl methyl sites for hydroxylation is 1. The molecule has 1 fully saturated rings. The van der Waals surface area contributed by atoms with Crippen molar-refractivity contribution in [1.82, 2.24) is 18.8 Å². The molecule has 0 spiro atoms. The van der Waals surface area contributed by atoms with Gasteiger partial charge in [0.05, 0.1) is 10.3 Å². The number of anilines is 3. The summed E-state index contributed by atoms with van der Waals surface area (Å²) < 4.78 is 27.6. The van der Waals surface area contributed by atoms with Gasteiger partial charge >= 0.3 is 0 Å². The van der Waals surface area contributed by atoms with E-state index in [1.807, 2.05) is 19.1 Å². The molecule has 1 N–H and O–H groups in total. The minimum Gasteiger partial charge on any atom is -0.369 e. The van der Waals surface area contributed by atoms with Crippen molar-refractivity contribution < 1.29 is 8.42 Å². The molecule has 176 valence electrons. The van der Waals surface area contributed by atoms with Crippen molar-refractivity contribution in [3.63, 3.8) is 0 Å². The summed E-state index contributed by atoms with van der Waals surface area (Å²) in [5.74, 6) is 0.226. The molecule has 5 rings (SSSR count). The molecule has 0 amide bonds. The van der Waals surface area contributed by atoms with Gasteiger partial charge in [-0.1, -0.05) is 29.3 Å². The van der Waals surface area contributed by atoms with Gasteiger partial charge in [0.2, 0.25) is 5.95 Å².